The van der Waals surface area contributed by atoms with E-state index in [1.807, 2.05) is 39.1 Å². The lowest BCUT2D eigenvalue weighted by Gasteiger charge is -2.26. The van der Waals surface area contributed by atoms with Gasteiger partial charge in [-0.05, 0) is 51.3 Å². The molecule has 1 aliphatic rings. The molecule has 36 heavy (non-hydrogen) atoms. The highest BCUT2D eigenvalue weighted by Gasteiger charge is 2.37. The number of carbonyl (C=O) groups excluding carboxylic acids is 1. The zero-order valence-corrected chi connectivity index (χ0v) is 20.7. The number of amides is 1. The standard InChI is InChI=1S/C25H28F2N8O/c1-5-19-21(34-13-14(2)11-29-24(34)31-19)23(36)28-12-17-6-7-18(15(3)30-17)22-32-20-10-16(25(4,26)27)8-9-35(20)33-22/h6-7,11,13,16H,5,8-10,12H2,1-4H3,(H,28,36). The lowest BCUT2D eigenvalue weighted by Crippen LogP contribution is -2.32. The van der Waals surface area contributed by atoms with Crippen LogP contribution in [0, 0.1) is 19.8 Å². The van der Waals surface area contributed by atoms with Crippen LogP contribution in [-0.2, 0) is 25.9 Å². The van der Waals surface area contributed by atoms with E-state index < -0.39 is 11.8 Å². The molecule has 5 rings (SSSR count). The van der Waals surface area contributed by atoms with Crippen molar-refractivity contribution in [2.45, 2.75) is 66.0 Å². The van der Waals surface area contributed by atoms with E-state index in [1.165, 1.54) is 0 Å². The number of nitrogens with zero attached hydrogens (tertiary/aromatic N) is 7. The zero-order chi connectivity index (χ0) is 25.6. The summed E-state index contributed by atoms with van der Waals surface area (Å²) in [6.45, 7) is 7.33. The number of aromatic nitrogens is 7. The van der Waals surface area contributed by atoms with Crippen LogP contribution in [0.25, 0.3) is 17.2 Å². The van der Waals surface area contributed by atoms with Crippen LogP contribution in [0.2, 0.25) is 0 Å². The molecule has 0 saturated heterocycles. The number of hydrogen-bond acceptors (Lipinski definition) is 6. The Morgan fingerprint density at radius 2 is 2.03 bits per heavy atom. The summed E-state index contributed by atoms with van der Waals surface area (Å²) in [5.74, 6) is -2.17. The third-order valence-corrected chi connectivity index (χ3v) is 6.63. The van der Waals surface area contributed by atoms with E-state index in [2.05, 4.69) is 30.4 Å². The number of imidazole rings is 1. The molecule has 11 heteroatoms. The molecule has 0 spiro atoms. The molecule has 188 valence electrons. The van der Waals surface area contributed by atoms with E-state index in [9.17, 15) is 13.6 Å². The third kappa shape index (κ3) is 4.45. The molecule has 1 aliphatic heterocycles. The normalized spacial score (nSPS) is 15.8. The number of aryl methyl sites for hydroxylation is 4. The van der Waals surface area contributed by atoms with Crippen molar-refractivity contribution < 1.29 is 13.6 Å². The lowest BCUT2D eigenvalue weighted by molar-refractivity contribution is -0.0495. The van der Waals surface area contributed by atoms with E-state index in [-0.39, 0.29) is 18.9 Å². The van der Waals surface area contributed by atoms with Gasteiger partial charge in [-0.3, -0.25) is 14.2 Å². The van der Waals surface area contributed by atoms with E-state index in [4.69, 9.17) is 0 Å². The van der Waals surface area contributed by atoms with E-state index in [0.717, 1.165) is 18.1 Å². The summed E-state index contributed by atoms with van der Waals surface area (Å²) in [7, 11) is 0. The van der Waals surface area contributed by atoms with Gasteiger partial charge in [0.1, 0.15) is 11.5 Å². The lowest BCUT2D eigenvalue weighted by atomic mass is 9.92. The molecule has 5 heterocycles. The zero-order valence-electron chi connectivity index (χ0n) is 20.7. The first-order valence-corrected chi connectivity index (χ1v) is 12.0. The average Bonchev–Trinajstić information content (AvgIpc) is 3.42. The van der Waals surface area contributed by atoms with Crippen molar-refractivity contribution in [2.75, 3.05) is 0 Å². The Morgan fingerprint density at radius 1 is 1.22 bits per heavy atom. The Kier molecular flexibility index (Phi) is 6.01. The molecule has 9 nitrogen and oxygen atoms in total. The molecule has 0 aliphatic carbocycles. The van der Waals surface area contributed by atoms with Crippen LogP contribution in [0.3, 0.4) is 0 Å². The SMILES string of the molecule is CCc1nc2ncc(C)cn2c1C(=O)NCc1ccc(-c2nc3n(n2)CCC(C(C)(F)F)C3)c(C)n1. The maximum Gasteiger partial charge on any atom is 0.270 e. The fourth-order valence-electron chi connectivity index (χ4n) is 4.62. The molecule has 0 saturated carbocycles. The summed E-state index contributed by atoms with van der Waals surface area (Å²) in [5.41, 5.74) is 4.21. The Morgan fingerprint density at radius 3 is 2.75 bits per heavy atom. The number of rotatable bonds is 6. The predicted octanol–water partition coefficient (Wildman–Crippen LogP) is 3.71. The van der Waals surface area contributed by atoms with Crippen molar-refractivity contribution in [1.29, 1.82) is 0 Å². The van der Waals surface area contributed by atoms with Gasteiger partial charge in [0.05, 0.1) is 17.9 Å². The topological polar surface area (TPSA) is 103 Å². The monoisotopic (exact) mass is 494 g/mol. The number of carbonyl (C=O) groups is 1. The second kappa shape index (κ2) is 9.03. The van der Waals surface area contributed by atoms with Crippen molar-refractivity contribution >= 4 is 11.7 Å². The Hall–Kier alpha value is -3.76. The quantitative estimate of drug-likeness (QED) is 0.438. The van der Waals surface area contributed by atoms with Crippen LogP contribution >= 0.6 is 0 Å². The van der Waals surface area contributed by atoms with Gasteiger partial charge < -0.3 is 5.32 Å². The van der Waals surface area contributed by atoms with Gasteiger partial charge in [-0.1, -0.05) is 6.92 Å². The van der Waals surface area contributed by atoms with Gasteiger partial charge in [-0.25, -0.2) is 28.4 Å². The molecule has 4 aromatic rings. The van der Waals surface area contributed by atoms with Crippen LogP contribution in [0.1, 0.15) is 59.2 Å². The minimum absolute atomic E-state index is 0.200. The van der Waals surface area contributed by atoms with Crippen LogP contribution in [0.5, 0.6) is 0 Å². The number of fused-ring (bicyclic) bond motifs is 2. The van der Waals surface area contributed by atoms with Crippen molar-refractivity contribution in [3.05, 3.63) is 58.7 Å². The summed E-state index contributed by atoms with van der Waals surface area (Å²) in [5, 5.41) is 7.46. The summed E-state index contributed by atoms with van der Waals surface area (Å²) >= 11 is 0. The first kappa shape index (κ1) is 24.0. The van der Waals surface area contributed by atoms with Gasteiger partial charge in [-0.2, -0.15) is 5.10 Å². The maximum absolute atomic E-state index is 13.8. The predicted molar refractivity (Wildman–Crippen MR) is 129 cm³/mol. The molecule has 0 fully saturated rings. The Labute approximate surface area is 207 Å². The molecule has 4 aromatic heterocycles. The smallest absolute Gasteiger partial charge is 0.270 e. The Bertz CT molecular complexity index is 1450. The fraction of sp³-hybridized carbons (Fsp3) is 0.440. The first-order chi connectivity index (χ1) is 17.1. The largest absolute Gasteiger partial charge is 0.345 e. The molecule has 0 aromatic carbocycles. The fourth-order valence-corrected chi connectivity index (χ4v) is 4.62. The van der Waals surface area contributed by atoms with Crippen LogP contribution < -0.4 is 5.32 Å². The van der Waals surface area contributed by atoms with Crippen LogP contribution in [-0.4, -0.2) is 45.9 Å². The van der Waals surface area contributed by atoms with Gasteiger partial charge in [0.15, 0.2) is 5.82 Å². The van der Waals surface area contributed by atoms with Gasteiger partial charge in [0.2, 0.25) is 11.7 Å². The van der Waals surface area contributed by atoms with Gasteiger partial charge in [0, 0.05) is 42.5 Å². The number of alkyl halides is 2. The van der Waals surface area contributed by atoms with E-state index in [0.29, 0.717) is 59.6 Å². The van der Waals surface area contributed by atoms with Crippen molar-refractivity contribution in [2.24, 2.45) is 5.92 Å². The molecule has 1 atom stereocenters. The first-order valence-electron chi connectivity index (χ1n) is 12.0. The average molecular weight is 495 g/mol. The van der Waals surface area contributed by atoms with Gasteiger partial charge in [-0.15, -0.1) is 0 Å². The highest BCUT2D eigenvalue weighted by atomic mass is 19.3. The van der Waals surface area contributed by atoms with E-state index in [1.54, 1.807) is 15.3 Å². The maximum atomic E-state index is 13.8. The summed E-state index contributed by atoms with van der Waals surface area (Å²) in [6, 6.07) is 3.67. The molecular formula is C25H28F2N8O. The van der Waals surface area contributed by atoms with Crippen molar-refractivity contribution in [3.8, 4) is 11.4 Å². The Balaban J connectivity index is 1.32. The molecular weight excluding hydrogens is 466 g/mol. The minimum Gasteiger partial charge on any atom is -0.345 e. The minimum atomic E-state index is -2.74. The molecule has 1 unspecified atom stereocenters. The molecule has 1 N–H and O–H groups in total. The second-order valence-electron chi connectivity index (χ2n) is 9.40. The van der Waals surface area contributed by atoms with Gasteiger partial charge >= 0.3 is 0 Å². The second-order valence-corrected chi connectivity index (χ2v) is 9.40. The number of pyridine rings is 1. The molecule has 0 radical (unpaired) electrons. The van der Waals surface area contributed by atoms with E-state index >= 15 is 0 Å². The van der Waals surface area contributed by atoms with Crippen LogP contribution in [0.15, 0.2) is 24.5 Å². The number of hydrogen-bond donors (Lipinski definition) is 1. The molecule has 0 bridgehead atoms. The van der Waals surface area contributed by atoms with Crippen LogP contribution in [0.4, 0.5) is 8.78 Å². The number of nitrogens with one attached hydrogen (secondary N) is 1. The molecule has 1 amide bonds. The summed E-state index contributed by atoms with van der Waals surface area (Å²) in [4.78, 5) is 31.0. The van der Waals surface area contributed by atoms with Crippen molar-refractivity contribution in [1.82, 2.24) is 39.4 Å². The summed E-state index contributed by atoms with van der Waals surface area (Å²) in [6.07, 6.45) is 4.75. The number of halogens is 2. The summed E-state index contributed by atoms with van der Waals surface area (Å²) < 4.78 is 31.0. The third-order valence-electron chi connectivity index (χ3n) is 6.63. The van der Waals surface area contributed by atoms with Crippen molar-refractivity contribution in [3.63, 3.8) is 0 Å². The van der Waals surface area contributed by atoms with Gasteiger partial charge in [0.25, 0.3) is 5.91 Å². The highest BCUT2D eigenvalue weighted by Crippen LogP contribution is 2.33. The highest BCUT2D eigenvalue weighted by molar-refractivity contribution is 5.94.